The molecule has 0 radical (unpaired) electrons. The minimum atomic E-state index is -0.481. The molecule has 0 fully saturated rings. The Morgan fingerprint density at radius 1 is 1.17 bits per heavy atom. The maximum atomic E-state index is 12.6. The van der Waals surface area contributed by atoms with Gasteiger partial charge in [-0.2, -0.15) is 0 Å². The highest BCUT2D eigenvalue weighted by atomic mass is 16.5. The normalized spacial score (nSPS) is 16.6. The van der Waals surface area contributed by atoms with Crippen LogP contribution in [0.1, 0.15) is 15.9 Å². The summed E-state index contributed by atoms with van der Waals surface area (Å²) in [5.74, 6) is -0.647. The van der Waals surface area contributed by atoms with Crippen LogP contribution in [-0.2, 0) is 6.42 Å². The van der Waals surface area contributed by atoms with Crippen molar-refractivity contribution < 1.29 is 29.6 Å². The van der Waals surface area contributed by atoms with Gasteiger partial charge in [-0.05, 0) is 24.1 Å². The highest BCUT2D eigenvalue weighted by Gasteiger charge is 2.32. The first kappa shape index (κ1) is 15.0. The van der Waals surface area contributed by atoms with Crippen LogP contribution in [0.3, 0.4) is 0 Å². The van der Waals surface area contributed by atoms with Gasteiger partial charge in [0.1, 0.15) is 22.8 Å². The number of rotatable bonds is 3. The monoisotopic (exact) mass is 316 g/mol. The summed E-state index contributed by atoms with van der Waals surface area (Å²) in [7, 11) is 1.46. The third kappa shape index (κ3) is 2.75. The maximum absolute atomic E-state index is 12.6. The SMILES string of the molecule is COc1ccc(C[C@H]2COc3cc(O)cc(O)c3C2=O)cc1O. The van der Waals surface area contributed by atoms with E-state index in [9.17, 15) is 20.1 Å². The summed E-state index contributed by atoms with van der Waals surface area (Å²) in [6, 6.07) is 7.35. The Morgan fingerprint density at radius 3 is 2.65 bits per heavy atom. The van der Waals surface area contributed by atoms with Gasteiger partial charge in [-0.1, -0.05) is 6.07 Å². The number of phenolic OH excluding ortho intramolecular Hbond substituents is 3. The molecule has 3 rings (SSSR count). The van der Waals surface area contributed by atoms with Gasteiger partial charge in [0, 0.05) is 12.1 Å². The average molecular weight is 316 g/mol. The molecule has 6 heteroatoms. The van der Waals surface area contributed by atoms with Gasteiger partial charge in [-0.3, -0.25) is 4.79 Å². The zero-order chi connectivity index (χ0) is 16.6. The highest BCUT2D eigenvalue weighted by molar-refractivity contribution is 6.04. The summed E-state index contributed by atoms with van der Waals surface area (Å²) >= 11 is 0. The van der Waals surface area contributed by atoms with Crippen molar-refractivity contribution in [2.24, 2.45) is 5.92 Å². The van der Waals surface area contributed by atoms with Crippen LogP contribution in [0.5, 0.6) is 28.7 Å². The predicted octanol–water partition coefficient (Wildman–Crippen LogP) is 2.25. The molecule has 0 unspecified atom stereocenters. The van der Waals surface area contributed by atoms with E-state index >= 15 is 0 Å². The molecule has 0 saturated carbocycles. The van der Waals surface area contributed by atoms with E-state index in [4.69, 9.17) is 9.47 Å². The van der Waals surface area contributed by atoms with E-state index in [1.807, 2.05) is 0 Å². The van der Waals surface area contributed by atoms with E-state index in [1.54, 1.807) is 12.1 Å². The number of carbonyl (C=O) groups excluding carboxylic acids is 1. The number of ether oxygens (including phenoxy) is 2. The number of benzene rings is 2. The van der Waals surface area contributed by atoms with Crippen LogP contribution in [0.25, 0.3) is 0 Å². The fourth-order valence-corrected chi connectivity index (χ4v) is 2.72. The molecule has 6 nitrogen and oxygen atoms in total. The fourth-order valence-electron chi connectivity index (χ4n) is 2.72. The molecule has 1 atom stereocenters. The average Bonchev–Trinajstić information content (AvgIpc) is 2.49. The summed E-state index contributed by atoms with van der Waals surface area (Å²) in [4.78, 5) is 12.6. The predicted molar refractivity (Wildman–Crippen MR) is 81.4 cm³/mol. The summed E-state index contributed by atoms with van der Waals surface area (Å²) in [5.41, 5.74) is 0.837. The lowest BCUT2D eigenvalue weighted by atomic mass is 9.89. The Kier molecular flexibility index (Phi) is 3.73. The first-order valence-electron chi connectivity index (χ1n) is 7.08. The van der Waals surface area contributed by atoms with Crippen molar-refractivity contribution in [3.8, 4) is 28.7 Å². The van der Waals surface area contributed by atoms with Gasteiger partial charge in [0.15, 0.2) is 17.3 Å². The quantitative estimate of drug-likeness (QED) is 0.803. The molecule has 0 spiro atoms. The third-order valence-corrected chi connectivity index (χ3v) is 3.85. The molecule has 120 valence electrons. The van der Waals surface area contributed by atoms with Gasteiger partial charge >= 0.3 is 0 Å². The molecule has 3 N–H and O–H groups in total. The van der Waals surface area contributed by atoms with Crippen LogP contribution in [0.2, 0.25) is 0 Å². The minimum Gasteiger partial charge on any atom is -0.508 e. The van der Waals surface area contributed by atoms with E-state index < -0.39 is 5.92 Å². The van der Waals surface area contributed by atoms with Gasteiger partial charge in [0.2, 0.25) is 0 Å². The molecule has 2 aromatic carbocycles. The Labute approximate surface area is 132 Å². The maximum Gasteiger partial charge on any atom is 0.177 e. The molecule has 1 heterocycles. The highest BCUT2D eigenvalue weighted by Crippen LogP contribution is 2.38. The molecule has 23 heavy (non-hydrogen) atoms. The summed E-state index contributed by atoms with van der Waals surface area (Å²) < 4.78 is 10.5. The van der Waals surface area contributed by atoms with Gasteiger partial charge < -0.3 is 24.8 Å². The fraction of sp³-hybridized carbons (Fsp3) is 0.235. The van der Waals surface area contributed by atoms with Gasteiger partial charge in [-0.15, -0.1) is 0 Å². The van der Waals surface area contributed by atoms with Crippen LogP contribution in [-0.4, -0.2) is 34.8 Å². The van der Waals surface area contributed by atoms with Gasteiger partial charge in [0.25, 0.3) is 0 Å². The minimum absolute atomic E-state index is 0.00217. The van der Waals surface area contributed by atoms with Crippen molar-refractivity contribution in [3.05, 3.63) is 41.5 Å². The Hall–Kier alpha value is -2.89. The number of hydrogen-bond donors (Lipinski definition) is 3. The molecule has 0 saturated heterocycles. The van der Waals surface area contributed by atoms with Crippen molar-refractivity contribution in [1.29, 1.82) is 0 Å². The van der Waals surface area contributed by atoms with Crippen LogP contribution in [0.4, 0.5) is 0 Å². The van der Waals surface area contributed by atoms with Crippen molar-refractivity contribution in [2.45, 2.75) is 6.42 Å². The first-order chi connectivity index (χ1) is 11.0. The van der Waals surface area contributed by atoms with Gasteiger partial charge in [0.05, 0.1) is 19.6 Å². The summed E-state index contributed by atoms with van der Waals surface area (Å²) in [6.07, 6.45) is 0.357. The van der Waals surface area contributed by atoms with Crippen molar-refractivity contribution >= 4 is 5.78 Å². The molecule has 0 amide bonds. The van der Waals surface area contributed by atoms with Crippen LogP contribution < -0.4 is 9.47 Å². The van der Waals surface area contributed by atoms with Gasteiger partial charge in [-0.25, -0.2) is 0 Å². The lowest BCUT2D eigenvalue weighted by molar-refractivity contribution is 0.0826. The smallest absolute Gasteiger partial charge is 0.177 e. The number of phenols is 3. The number of Topliss-reactive ketones (excluding diaryl/α,β-unsaturated/α-hetero) is 1. The number of carbonyl (C=O) groups is 1. The topological polar surface area (TPSA) is 96.2 Å². The first-order valence-corrected chi connectivity index (χ1v) is 7.08. The molecule has 0 aliphatic carbocycles. The molecule has 2 aromatic rings. The summed E-state index contributed by atoms with van der Waals surface area (Å²) in [5, 5.41) is 29.1. The molecular weight excluding hydrogens is 300 g/mol. The lowest BCUT2D eigenvalue weighted by Crippen LogP contribution is -2.29. The number of hydrogen-bond acceptors (Lipinski definition) is 6. The molecule has 0 bridgehead atoms. The van der Waals surface area contributed by atoms with Crippen molar-refractivity contribution in [3.63, 3.8) is 0 Å². The van der Waals surface area contributed by atoms with E-state index in [2.05, 4.69) is 0 Å². The molecule has 0 aromatic heterocycles. The van der Waals surface area contributed by atoms with Crippen LogP contribution in [0.15, 0.2) is 30.3 Å². The Balaban J connectivity index is 1.85. The van der Waals surface area contributed by atoms with E-state index in [0.717, 1.165) is 11.6 Å². The van der Waals surface area contributed by atoms with E-state index in [0.29, 0.717) is 12.2 Å². The molecule has 1 aliphatic heterocycles. The second kappa shape index (κ2) is 5.72. The second-order valence-electron chi connectivity index (χ2n) is 5.42. The molecule has 1 aliphatic rings. The largest absolute Gasteiger partial charge is 0.508 e. The third-order valence-electron chi connectivity index (χ3n) is 3.85. The van der Waals surface area contributed by atoms with Crippen LogP contribution >= 0.6 is 0 Å². The van der Waals surface area contributed by atoms with Crippen LogP contribution in [0, 0.1) is 5.92 Å². The van der Waals surface area contributed by atoms with Crippen molar-refractivity contribution in [2.75, 3.05) is 13.7 Å². The number of ketones is 1. The van der Waals surface area contributed by atoms with Crippen molar-refractivity contribution in [1.82, 2.24) is 0 Å². The number of aromatic hydroxyl groups is 3. The standard InChI is InChI=1S/C17H16O6/c1-22-14-3-2-9(5-12(14)19)4-10-8-23-15-7-11(18)6-13(20)16(15)17(10)21/h2-3,5-7,10,18-20H,4,8H2,1H3/t10-/m0/s1. The lowest BCUT2D eigenvalue weighted by Gasteiger charge is -2.25. The zero-order valence-electron chi connectivity index (χ0n) is 12.4. The number of fused-ring (bicyclic) bond motifs is 1. The zero-order valence-corrected chi connectivity index (χ0v) is 12.4. The Morgan fingerprint density at radius 2 is 1.96 bits per heavy atom. The molecular formula is C17H16O6. The summed E-state index contributed by atoms with van der Waals surface area (Å²) in [6.45, 7) is 0.140. The van der Waals surface area contributed by atoms with E-state index in [1.165, 1.54) is 19.2 Å². The number of methoxy groups -OCH3 is 1. The van der Waals surface area contributed by atoms with E-state index in [-0.39, 0.29) is 41.0 Å². The Bertz CT molecular complexity index is 768. The second-order valence-corrected chi connectivity index (χ2v) is 5.42.